The van der Waals surface area contributed by atoms with Gasteiger partial charge in [0.1, 0.15) is 11.5 Å². The summed E-state index contributed by atoms with van der Waals surface area (Å²) < 4.78 is 5.32. The Hall–Kier alpha value is -2.00. The predicted octanol–water partition coefficient (Wildman–Crippen LogP) is 2.57. The lowest BCUT2D eigenvalue weighted by atomic mass is 10.00. The molecule has 18 heavy (non-hydrogen) atoms. The van der Waals surface area contributed by atoms with Gasteiger partial charge in [0, 0.05) is 11.1 Å². The molecule has 0 bridgehead atoms. The molecule has 2 aromatic carbocycles. The highest BCUT2D eigenvalue weighted by molar-refractivity contribution is 5.76. The van der Waals surface area contributed by atoms with E-state index in [-0.39, 0.29) is 5.75 Å². The van der Waals surface area contributed by atoms with Crippen molar-refractivity contribution in [3.05, 3.63) is 48.0 Å². The minimum absolute atomic E-state index is 0.250. The van der Waals surface area contributed by atoms with Crippen LogP contribution in [0.1, 0.15) is 5.56 Å². The van der Waals surface area contributed by atoms with Gasteiger partial charge in [0.15, 0.2) is 0 Å². The van der Waals surface area contributed by atoms with E-state index in [1.807, 2.05) is 36.4 Å². The van der Waals surface area contributed by atoms with Crippen LogP contribution in [0.25, 0.3) is 11.1 Å². The van der Waals surface area contributed by atoms with E-state index in [2.05, 4.69) is 0 Å². The molecule has 0 aliphatic heterocycles. The van der Waals surface area contributed by atoms with Gasteiger partial charge in [0.2, 0.25) is 0 Å². The molecule has 3 nitrogen and oxygen atoms in total. The molecule has 0 heterocycles. The average molecular weight is 243 g/mol. The Morgan fingerprint density at radius 1 is 1.11 bits per heavy atom. The Kier molecular flexibility index (Phi) is 3.85. The average Bonchev–Trinajstić information content (AvgIpc) is 2.41. The van der Waals surface area contributed by atoms with Crippen LogP contribution in [0.5, 0.6) is 11.5 Å². The minimum Gasteiger partial charge on any atom is -0.507 e. The van der Waals surface area contributed by atoms with E-state index in [0.29, 0.717) is 6.54 Å². The topological polar surface area (TPSA) is 55.5 Å². The van der Waals surface area contributed by atoms with Crippen LogP contribution in [0.2, 0.25) is 0 Å². The molecule has 94 valence electrons. The van der Waals surface area contributed by atoms with E-state index >= 15 is 0 Å². The highest BCUT2D eigenvalue weighted by atomic mass is 16.5. The fourth-order valence-electron chi connectivity index (χ4n) is 1.99. The molecule has 0 aliphatic carbocycles. The number of rotatable bonds is 4. The quantitative estimate of drug-likeness (QED) is 0.867. The van der Waals surface area contributed by atoms with Gasteiger partial charge in [-0.3, -0.25) is 0 Å². The van der Waals surface area contributed by atoms with E-state index in [9.17, 15) is 5.11 Å². The molecule has 3 heteroatoms. The van der Waals surface area contributed by atoms with Gasteiger partial charge in [-0.2, -0.15) is 0 Å². The van der Waals surface area contributed by atoms with Crippen molar-refractivity contribution < 1.29 is 9.84 Å². The van der Waals surface area contributed by atoms with Gasteiger partial charge in [0.25, 0.3) is 0 Å². The van der Waals surface area contributed by atoms with Crippen molar-refractivity contribution in [2.75, 3.05) is 13.7 Å². The fraction of sp³-hybridized carbons (Fsp3) is 0.200. The zero-order valence-corrected chi connectivity index (χ0v) is 10.4. The molecule has 0 radical (unpaired) electrons. The van der Waals surface area contributed by atoms with Gasteiger partial charge in [-0.1, -0.05) is 24.3 Å². The maximum absolute atomic E-state index is 9.99. The first kappa shape index (κ1) is 12.5. The van der Waals surface area contributed by atoms with Crippen molar-refractivity contribution in [2.45, 2.75) is 6.42 Å². The molecule has 0 atom stereocenters. The summed E-state index contributed by atoms with van der Waals surface area (Å²) in [5, 5.41) is 9.99. The minimum atomic E-state index is 0.250. The summed E-state index contributed by atoms with van der Waals surface area (Å²) in [5.74, 6) is 0.998. The Morgan fingerprint density at radius 2 is 1.89 bits per heavy atom. The second-order valence-electron chi connectivity index (χ2n) is 4.09. The molecule has 0 saturated heterocycles. The number of phenolic OH excluding ortho intramolecular Hbond substituents is 1. The first-order chi connectivity index (χ1) is 8.76. The molecule has 0 saturated carbocycles. The number of aromatic hydroxyl groups is 1. The second-order valence-corrected chi connectivity index (χ2v) is 4.09. The molecule has 0 aliphatic rings. The summed E-state index contributed by atoms with van der Waals surface area (Å²) in [7, 11) is 1.62. The number of hydrogen-bond acceptors (Lipinski definition) is 3. The summed E-state index contributed by atoms with van der Waals surface area (Å²) >= 11 is 0. The van der Waals surface area contributed by atoms with Crippen molar-refractivity contribution in [3.8, 4) is 22.6 Å². The summed E-state index contributed by atoms with van der Waals surface area (Å²) in [6.45, 7) is 0.593. The van der Waals surface area contributed by atoms with E-state index in [0.717, 1.165) is 28.9 Å². The Labute approximate surface area is 107 Å². The van der Waals surface area contributed by atoms with Crippen molar-refractivity contribution in [1.29, 1.82) is 0 Å². The third kappa shape index (κ3) is 2.46. The van der Waals surface area contributed by atoms with Crippen LogP contribution < -0.4 is 10.5 Å². The van der Waals surface area contributed by atoms with Crippen LogP contribution in [0.4, 0.5) is 0 Å². The van der Waals surface area contributed by atoms with Crippen LogP contribution >= 0.6 is 0 Å². The van der Waals surface area contributed by atoms with E-state index in [4.69, 9.17) is 10.5 Å². The SMILES string of the molecule is COc1ccccc1-c1cc(CCN)ccc1O. The first-order valence-electron chi connectivity index (χ1n) is 5.91. The molecule has 2 aromatic rings. The Morgan fingerprint density at radius 3 is 2.61 bits per heavy atom. The largest absolute Gasteiger partial charge is 0.507 e. The van der Waals surface area contributed by atoms with Crippen LogP contribution in [0.3, 0.4) is 0 Å². The number of nitrogens with two attached hydrogens (primary N) is 1. The summed E-state index contributed by atoms with van der Waals surface area (Å²) in [4.78, 5) is 0. The van der Waals surface area contributed by atoms with Crippen LogP contribution in [0, 0.1) is 0 Å². The van der Waals surface area contributed by atoms with E-state index in [1.165, 1.54) is 0 Å². The molecular weight excluding hydrogens is 226 g/mol. The number of ether oxygens (including phenoxy) is 1. The smallest absolute Gasteiger partial charge is 0.126 e. The molecule has 0 spiro atoms. The van der Waals surface area contributed by atoms with Crippen LogP contribution in [0.15, 0.2) is 42.5 Å². The van der Waals surface area contributed by atoms with Crippen LogP contribution in [-0.4, -0.2) is 18.8 Å². The van der Waals surface area contributed by atoms with Crippen molar-refractivity contribution in [1.82, 2.24) is 0 Å². The monoisotopic (exact) mass is 243 g/mol. The second kappa shape index (κ2) is 5.56. The maximum Gasteiger partial charge on any atom is 0.126 e. The number of benzene rings is 2. The molecule has 2 rings (SSSR count). The van der Waals surface area contributed by atoms with Gasteiger partial charge >= 0.3 is 0 Å². The Bertz CT molecular complexity index is 538. The number of hydrogen-bond donors (Lipinski definition) is 2. The lowest BCUT2D eigenvalue weighted by molar-refractivity contribution is 0.415. The molecule has 0 aromatic heterocycles. The molecule has 0 amide bonds. The summed E-state index contributed by atoms with van der Waals surface area (Å²) in [5.41, 5.74) is 8.33. The first-order valence-corrected chi connectivity index (χ1v) is 5.91. The van der Waals surface area contributed by atoms with Gasteiger partial charge in [-0.15, -0.1) is 0 Å². The third-order valence-electron chi connectivity index (χ3n) is 2.89. The number of phenols is 1. The predicted molar refractivity (Wildman–Crippen MR) is 72.9 cm³/mol. The molecule has 0 unspecified atom stereocenters. The van der Waals surface area contributed by atoms with Gasteiger partial charge in [-0.05, 0) is 36.7 Å². The van der Waals surface area contributed by atoms with Crippen molar-refractivity contribution in [2.24, 2.45) is 5.73 Å². The molecule has 0 fully saturated rings. The normalized spacial score (nSPS) is 10.3. The van der Waals surface area contributed by atoms with Gasteiger partial charge < -0.3 is 15.6 Å². The zero-order valence-electron chi connectivity index (χ0n) is 10.4. The Balaban J connectivity index is 2.51. The fourth-order valence-corrected chi connectivity index (χ4v) is 1.99. The van der Waals surface area contributed by atoms with E-state index in [1.54, 1.807) is 13.2 Å². The van der Waals surface area contributed by atoms with Crippen molar-refractivity contribution >= 4 is 0 Å². The maximum atomic E-state index is 9.99. The lowest BCUT2D eigenvalue weighted by Gasteiger charge is -2.11. The zero-order chi connectivity index (χ0) is 13.0. The number of methoxy groups -OCH3 is 1. The summed E-state index contributed by atoms with van der Waals surface area (Å²) in [6, 6.07) is 13.2. The number of para-hydroxylation sites is 1. The van der Waals surface area contributed by atoms with Gasteiger partial charge in [-0.25, -0.2) is 0 Å². The molecule has 3 N–H and O–H groups in total. The van der Waals surface area contributed by atoms with E-state index < -0.39 is 0 Å². The highest BCUT2D eigenvalue weighted by Crippen LogP contribution is 2.36. The summed E-state index contributed by atoms with van der Waals surface area (Å²) in [6.07, 6.45) is 0.794. The highest BCUT2D eigenvalue weighted by Gasteiger charge is 2.10. The third-order valence-corrected chi connectivity index (χ3v) is 2.89. The lowest BCUT2D eigenvalue weighted by Crippen LogP contribution is -2.02. The molecular formula is C15H17NO2. The van der Waals surface area contributed by atoms with Gasteiger partial charge in [0.05, 0.1) is 7.11 Å². The van der Waals surface area contributed by atoms with Crippen LogP contribution in [-0.2, 0) is 6.42 Å². The van der Waals surface area contributed by atoms with Crippen molar-refractivity contribution in [3.63, 3.8) is 0 Å². The standard InChI is InChI=1S/C15H17NO2/c1-18-15-5-3-2-4-12(15)13-10-11(8-9-16)6-7-14(13)17/h2-7,10,17H,8-9,16H2,1H3.